The Hall–Kier alpha value is -0.830. The molecule has 0 spiro atoms. The monoisotopic (exact) mass is 291 g/mol. The molecule has 3 aliphatic rings. The Balaban J connectivity index is 2.15. The molecule has 2 N–H and O–H groups in total. The molecular weight excluding hydrogens is 262 g/mol. The first-order valence-corrected chi connectivity index (χ1v) is 8.14. The second-order valence-corrected chi connectivity index (χ2v) is 9.76. The average molecular weight is 291 g/mol. The summed E-state index contributed by atoms with van der Waals surface area (Å²) in [5.74, 6) is 0. The van der Waals surface area contributed by atoms with Crippen LogP contribution in [0.15, 0.2) is 16.3 Å². The predicted octanol–water partition coefficient (Wildman–Crippen LogP) is 4.28. The van der Waals surface area contributed by atoms with Gasteiger partial charge < -0.3 is 10.3 Å². The van der Waals surface area contributed by atoms with E-state index in [-0.39, 0.29) is 16.2 Å². The minimum Gasteiger partial charge on any atom is -0.411 e. The minimum absolute atomic E-state index is 0.119. The number of hydrogen-bond acceptors (Lipinski definition) is 3. The van der Waals surface area contributed by atoms with Gasteiger partial charge in [0.15, 0.2) is 0 Å². The van der Waals surface area contributed by atoms with E-state index < -0.39 is 5.60 Å². The van der Waals surface area contributed by atoms with Crippen LogP contribution in [0, 0.1) is 16.2 Å². The molecule has 2 atom stereocenters. The maximum Gasteiger partial charge on any atom is 0.0925 e. The first-order valence-electron chi connectivity index (χ1n) is 8.14. The Labute approximate surface area is 128 Å². The van der Waals surface area contributed by atoms with Gasteiger partial charge in [0, 0.05) is 5.57 Å². The van der Waals surface area contributed by atoms with Gasteiger partial charge in [-0.2, -0.15) is 0 Å². The van der Waals surface area contributed by atoms with Gasteiger partial charge in [0.05, 0.1) is 11.3 Å². The van der Waals surface area contributed by atoms with Crippen LogP contribution in [-0.4, -0.2) is 21.6 Å². The fraction of sp³-hybridized carbons (Fsp3) is 0.833. The molecule has 3 heteroatoms. The Morgan fingerprint density at radius 3 is 2.14 bits per heavy atom. The van der Waals surface area contributed by atoms with Crippen molar-refractivity contribution in [3.8, 4) is 0 Å². The van der Waals surface area contributed by atoms with Crippen molar-refractivity contribution in [2.24, 2.45) is 21.4 Å². The molecule has 0 radical (unpaired) electrons. The van der Waals surface area contributed by atoms with Crippen molar-refractivity contribution in [1.29, 1.82) is 0 Å². The molecule has 3 nitrogen and oxygen atoms in total. The van der Waals surface area contributed by atoms with Gasteiger partial charge in [-0.15, -0.1) is 0 Å². The smallest absolute Gasteiger partial charge is 0.0925 e. The highest BCUT2D eigenvalue weighted by molar-refractivity contribution is 6.03. The van der Waals surface area contributed by atoms with Crippen molar-refractivity contribution in [3.63, 3.8) is 0 Å². The maximum atomic E-state index is 11.4. The van der Waals surface area contributed by atoms with Crippen LogP contribution in [0.5, 0.6) is 0 Å². The summed E-state index contributed by atoms with van der Waals surface area (Å²) in [5, 5.41) is 24.5. The first kappa shape index (κ1) is 15.1. The maximum absolute atomic E-state index is 11.4. The first-order chi connectivity index (χ1) is 9.48. The SMILES string of the molecule is CC1(C)CC2=C(/C(=N\O)C1)C1(O)CC(C)(C)CC(C)(C2)C1. The fourth-order valence-corrected chi connectivity index (χ4v) is 5.97. The lowest BCUT2D eigenvalue weighted by Crippen LogP contribution is -2.54. The van der Waals surface area contributed by atoms with Gasteiger partial charge in [-0.25, -0.2) is 0 Å². The van der Waals surface area contributed by atoms with Crippen molar-refractivity contribution < 1.29 is 10.3 Å². The number of aliphatic hydroxyl groups is 1. The zero-order chi connectivity index (χ0) is 15.7. The van der Waals surface area contributed by atoms with Crippen LogP contribution < -0.4 is 0 Å². The predicted molar refractivity (Wildman–Crippen MR) is 84.6 cm³/mol. The summed E-state index contributed by atoms with van der Waals surface area (Å²) < 4.78 is 0. The van der Waals surface area contributed by atoms with Gasteiger partial charge in [0.2, 0.25) is 0 Å². The lowest BCUT2D eigenvalue weighted by molar-refractivity contribution is -0.0756. The number of oxime groups is 1. The molecule has 2 bridgehead atoms. The Kier molecular flexibility index (Phi) is 2.96. The van der Waals surface area contributed by atoms with E-state index in [1.165, 1.54) is 5.57 Å². The summed E-state index contributed by atoms with van der Waals surface area (Å²) >= 11 is 0. The minimum atomic E-state index is -0.803. The molecule has 3 aliphatic carbocycles. The van der Waals surface area contributed by atoms with Gasteiger partial charge >= 0.3 is 0 Å². The third kappa shape index (κ3) is 2.44. The third-order valence-corrected chi connectivity index (χ3v) is 5.60. The van der Waals surface area contributed by atoms with Gasteiger partial charge in [0.1, 0.15) is 0 Å². The molecular formula is C18H29NO2. The van der Waals surface area contributed by atoms with Gasteiger partial charge in [-0.05, 0) is 54.8 Å². The zero-order valence-corrected chi connectivity index (χ0v) is 14.1. The van der Waals surface area contributed by atoms with Crippen LogP contribution in [-0.2, 0) is 0 Å². The number of nitrogens with zero attached hydrogens (tertiary/aromatic N) is 1. The van der Waals surface area contributed by atoms with Gasteiger partial charge in [0.25, 0.3) is 0 Å². The molecule has 0 aromatic rings. The van der Waals surface area contributed by atoms with Crippen LogP contribution in [0.25, 0.3) is 0 Å². The molecule has 0 saturated heterocycles. The standard InChI is InChI=1S/C18H29NO2/c1-15(2)6-12-7-17(5)9-16(3,4)10-18(20,11-17)14(12)13(8-15)19-21/h20-21H,6-11H2,1-5H3/b19-13-. The lowest BCUT2D eigenvalue weighted by Gasteiger charge is -2.57. The number of rotatable bonds is 0. The van der Waals surface area contributed by atoms with E-state index in [0.717, 1.165) is 49.8 Å². The molecule has 3 rings (SSSR count). The number of fused-ring (bicyclic) bond motifs is 3. The molecule has 21 heavy (non-hydrogen) atoms. The van der Waals surface area contributed by atoms with E-state index >= 15 is 0 Å². The van der Waals surface area contributed by atoms with E-state index in [0.29, 0.717) is 0 Å². The van der Waals surface area contributed by atoms with Crippen molar-refractivity contribution >= 4 is 5.71 Å². The summed E-state index contributed by atoms with van der Waals surface area (Å²) in [5.41, 5.74) is 2.66. The van der Waals surface area contributed by atoms with E-state index in [1.807, 2.05) is 0 Å². The van der Waals surface area contributed by atoms with Crippen molar-refractivity contribution in [2.75, 3.05) is 0 Å². The largest absolute Gasteiger partial charge is 0.411 e. The third-order valence-electron chi connectivity index (χ3n) is 5.60. The summed E-state index contributed by atoms with van der Waals surface area (Å²) in [6.07, 6.45) is 5.54. The summed E-state index contributed by atoms with van der Waals surface area (Å²) in [6, 6.07) is 0. The molecule has 2 unspecified atom stereocenters. The van der Waals surface area contributed by atoms with Gasteiger partial charge in [-0.1, -0.05) is 45.3 Å². The average Bonchev–Trinajstić information content (AvgIpc) is 2.20. The highest BCUT2D eigenvalue weighted by atomic mass is 16.4. The Morgan fingerprint density at radius 1 is 0.857 bits per heavy atom. The molecule has 1 saturated carbocycles. The van der Waals surface area contributed by atoms with Crippen LogP contribution in [0.3, 0.4) is 0 Å². The quantitative estimate of drug-likeness (QED) is 0.517. The lowest BCUT2D eigenvalue weighted by atomic mass is 9.49. The van der Waals surface area contributed by atoms with Gasteiger partial charge in [-0.3, -0.25) is 0 Å². The summed E-state index contributed by atoms with van der Waals surface area (Å²) in [6.45, 7) is 11.3. The van der Waals surface area contributed by atoms with Crippen LogP contribution in [0.4, 0.5) is 0 Å². The Bertz CT molecular complexity index is 543. The second-order valence-electron chi connectivity index (χ2n) is 9.76. The van der Waals surface area contributed by atoms with Crippen molar-refractivity contribution in [3.05, 3.63) is 11.1 Å². The molecule has 0 aromatic carbocycles. The Morgan fingerprint density at radius 2 is 1.52 bits per heavy atom. The highest BCUT2D eigenvalue weighted by Crippen LogP contribution is 2.61. The van der Waals surface area contributed by atoms with Crippen molar-refractivity contribution in [2.45, 2.75) is 78.7 Å². The van der Waals surface area contributed by atoms with Crippen LogP contribution in [0.1, 0.15) is 73.1 Å². The zero-order valence-electron chi connectivity index (χ0n) is 14.1. The van der Waals surface area contributed by atoms with E-state index in [4.69, 9.17) is 0 Å². The topological polar surface area (TPSA) is 52.8 Å². The molecule has 0 aromatic heterocycles. The molecule has 0 amide bonds. The normalized spacial score (nSPS) is 42.9. The van der Waals surface area contributed by atoms with Crippen LogP contribution in [0.2, 0.25) is 0 Å². The highest BCUT2D eigenvalue weighted by Gasteiger charge is 2.56. The van der Waals surface area contributed by atoms with E-state index in [1.54, 1.807) is 0 Å². The van der Waals surface area contributed by atoms with E-state index in [2.05, 4.69) is 39.8 Å². The number of allylic oxidation sites excluding steroid dienone is 1. The van der Waals surface area contributed by atoms with Crippen LogP contribution >= 0.6 is 0 Å². The van der Waals surface area contributed by atoms with E-state index in [9.17, 15) is 10.3 Å². The number of hydrogen-bond donors (Lipinski definition) is 2. The molecule has 118 valence electrons. The van der Waals surface area contributed by atoms with Crippen molar-refractivity contribution in [1.82, 2.24) is 0 Å². The second kappa shape index (κ2) is 4.13. The molecule has 0 heterocycles. The fourth-order valence-electron chi connectivity index (χ4n) is 5.97. The summed E-state index contributed by atoms with van der Waals surface area (Å²) in [4.78, 5) is 0. The molecule has 0 aliphatic heterocycles. The molecule has 1 fully saturated rings. The summed E-state index contributed by atoms with van der Waals surface area (Å²) in [7, 11) is 0.